The van der Waals surface area contributed by atoms with Gasteiger partial charge in [-0.1, -0.05) is 11.3 Å². The topological polar surface area (TPSA) is 71.3 Å². The summed E-state index contributed by atoms with van der Waals surface area (Å²) in [6.45, 7) is 3.63. The van der Waals surface area contributed by atoms with Crippen LogP contribution in [0.4, 0.5) is 0 Å². The Morgan fingerprint density at radius 3 is 2.55 bits per heavy atom. The lowest BCUT2D eigenvalue weighted by Crippen LogP contribution is -2.19. The molecule has 0 bridgehead atoms. The van der Waals surface area contributed by atoms with Crippen LogP contribution in [-0.2, 0) is 11.3 Å². The predicted octanol–water partition coefficient (Wildman–Crippen LogP) is 3.51. The van der Waals surface area contributed by atoms with Crippen LogP contribution in [0.3, 0.4) is 0 Å². The van der Waals surface area contributed by atoms with E-state index in [9.17, 15) is 4.79 Å². The number of ether oxygens (including phenoxy) is 4. The fourth-order valence-corrected chi connectivity index (χ4v) is 4.00. The first kappa shape index (κ1) is 20.9. The molecule has 0 aliphatic heterocycles. The summed E-state index contributed by atoms with van der Waals surface area (Å²) in [5.74, 6) is 1.48. The molecule has 3 rings (SSSR count). The van der Waals surface area contributed by atoms with Crippen LogP contribution in [0.5, 0.6) is 17.2 Å². The zero-order chi connectivity index (χ0) is 20.8. The minimum absolute atomic E-state index is 0.353. The van der Waals surface area contributed by atoms with E-state index in [-0.39, 0.29) is 5.91 Å². The van der Waals surface area contributed by atoms with Gasteiger partial charge in [-0.15, -0.1) is 0 Å². The van der Waals surface area contributed by atoms with E-state index in [0.29, 0.717) is 41.6 Å². The lowest BCUT2D eigenvalue weighted by Gasteiger charge is -2.08. The van der Waals surface area contributed by atoms with Crippen molar-refractivity contribution in [2.24, 2.45) is 4.99 Å². The van der Waals surface area contributed by atoms with Gasteiger partial charge in [0.15, 0.2) is 16.3 Å². The first-order valence-electron chi connectivity index (χ1n) is 9.17. The van der Waals surface area contributed by atoms with Crippen molar-refractivity contribution in [3.05, 3.63) is 46.8 Å². The van der Waals surface area contributed by atoms with E-state index >= 15 is 0 Å². The van der Waals surface area contributed by atoms with Gasteiger partial charge in [0.05, 0.1) is 37.6 Å². The second kappa shape index (κ2) is 9.58. The lowest BCUT2D eigenvalue weighted by atomic mass is 10.2. The maximum absolute atomic E-state index is 12.8. The molecule has 3 aromatic rings. The summed E-state index contributed by atoms with van der Waals surface area (Å²) < 4.78 is 24.3. The number of amides is 1. The van der Waals surface area contributed by atoms with Gasteiger partial charge in [-0.05, 0) is 43.3 Å². The Morgan fingerprint density at radius 1 is 1.07 bits per heavy atom. The van der Waals surface area contributed by atoms with Crippen LogP contribution in [0.1, 0.15) is 17.3 Å². The zero-order valence-electron chi connectivity index (χ0n) is 16.9. The monoisotopic (exact) mass is 416 g/mol. The molecule has 0 saturated heterocycles. The van der Waals surface area contributed by atoms with Crippen LogP contribution < -0.4 is 19.0 Å². The molecule has 154 valence electrons. The highest BCUT2D eigenvalue weighted by atomic mass is 32.1. The number of hydrogen-bond donors (Lipinski definition) is 0. The average molecular weight is 416 g/mol. The SMILES string of the molecule is CCOc1ccc2c(c1)sc(=NC(=O)c1ccc(OC)c(OC)c1)n2CCOC. The second-order valence-corrected chi connectivity index (χ2v) is 7.09. The molecule has 0 N–H and O–H groups in total. The molecule has 29 heavy (non-hydrogen) atoms. The number of aromatic nitrogens is 1. The second-order valence-electron chi connectivity index (χ2n) is 6.08. The number of methoxy groups -OCH3 is 3. The molecule has 1 aromatic heterocycles. The fourth-order valence-electron chi connectivity index (χ4n) is 2.91. The molecule has 1 heterocycles. The quantitative estimate of drug-likeness (QED) is 0.562. The molecular weight excluding hydrogens is 392 g/mol. The van der Waals surface area contributed by atoms with Gasteiger partial charge in [-0.25, -0.2) is 0 Å². The number of carbonyl (C=O) groups excluding carboxylic acids is 1. The molecule has 2 aromatic carbocycles. The van der Waals surface area contributed by atoms with E-state index in [2.05, 4.69) is 4.99 Å². The zero-order valence-corrected chi connectivity index (χ0v) is 17.7. The van der Waals surface area contributed by atoms with Crippen molar-refractivity contribution in [3.8, 4) is 17.2 Å². The molecular formula is C21H24N2O5S. The maximum atomic E-state index is 12.8. The molecule has 0 atom stereocenters. The van der Waals surface area contributed by atoms with E-state index in [1.807, 2.05) is 29.7 Å². The summed E-state index contributed by atoms with van der Waals surface area (Å²) >= 11 is 1.44. The van der Waals surface area contributed by atoms with Crippen LogP contribution in [-0.4, -0.2) is 45.0 Å². The van der Waals surface area contributed by atoms with Gasteiger partial charge in [0.2, 0.25) is 0 Å². The number of benzene rings is 2. The highest BCUT2D eigenvalue weighted by molar-refractivity contribution is 7.16. The predicted molar refractivity (Wildman–Crippen MR) is 112 cm³/mol. The fraction of sp³-hybridized carbons (Fsp3) is 0.333. The third-order valence-electron chi connectivity index (χ3n) is 4.31. The van der Waals surface area contributed by atoms with E-state index in [1.165, 1.54) is 18.4 Å². The number of thiazole rings is 1. The van der Waals surface area contributed by atoms with Gasteiger partial charge in [-0.2, -0.15) is 4.99 Å². The normalized spacial score (nSPS) is 11.7. The van der Waals surface area contributed by atoms with Crippen LogP contribution in [0.2, 0.25) is 0 Å². The van der Waals surface area contributed by atoms with E-state index in [1.54, 1.807) is 32.4 Å². The molecule has 0 aliphatic rings. The highest BCUT2D eigenvalue weighted by Crippen LogP contribution is 2.28. The molecule has 1 amide bonds. The Labute approximate surface area is 173 Å². The number of nitrogens with zero attached hydrogens (tertiary/aromatic N) is 2. The van der Waals surface area contributed by atoms with Gasteiger partial charge in [0.25, 0.3) is 5.91 Å². The third kappa shape index (κ3) is 4.60. The van der Waals surface area contributed by atoms with Crippen molar-refractivity contribution in [3.63, 3.8) is 0 Å². The van der Waals surface area contributed by atoms with Crippen molar-refractivity contribution >= 4 is 27.5 Å². The molecule has 0 spiro atoms. The molecule has 0 unspecified atom stereocenters. The summed E-state index contributed by atoms with van der Waals surface area (Å²) in [7, 11) is 4.73. The molecule has 8 heteroatoms. The van der Waals surface area contributed by atoms with Crippen LogP contribution in [0.25, 0.3) is 10.2 Å². The van der Waals surface area contributed by atoms with Gasteiger partial charge >= 0.3 is 0 Å². The Balaban J connectivity index is 2.06. The van der Waals surface area contributed by atoms with Gasteiger partial charge in [0.1, 0.15) is 5.75 Å². The Bertz CT molecular complexity index is 1070. The first-order valence-corrected chi connectivity index (χ1v) is 9.99. The van der Waals surface area contributed by atoms with Crippen molar-refractivity contribution in [1.29, 1.82) is 0 Å². The number of rotatable bonds is 8. The maximum Gasteiger partial charge on any atom is 0.279 e. The minimum Gasteiger partial charge on any atom is -0.494 e. The first-order chi connectivity index (χ1) is 14.1. The molecule has 0 saturated carbocycles. The highest BCUT2D eigenvalue weighted by Gasteiger charge is 2.13. The standard InChI is InChI=1S/C21H24N2O5S/c1-5-28-15-7-8-16-19(13-15)29-21(23(16)10-11-25-2)22-20(24)14-6-9-17(26-3)18(12-14)27-4/h6-9,12-13H,5,10-11H2,1-4H3. The summed E-state index contributed by atoms with van der Waals surface area (Å²) in [5, 5.41) is 0. The lowest BCUT2D eigenvalue weighted by molar-refractivity contribution is 0.0997. The Morgan fingerprint density at radius 2 is 1.86 bits per heavy atom. The van der Waals surface area contributed by atoms with Gasteiger partial charge in [0, 0.05) is 19.2 Å². The largest absolute Gasteiger partial charge is 0.494 e. The summed E-state index contributed by atoms with van der Waals surface area (Å²) in [4.78, 5) is 17.8. The summed E-state index contributed by atoms with van der Waals surface area (Å²) in [5.41, 5.74) is 1.41. The number of hydrogen-bond acceptors (Lipinski definition) is 6. The Kier molecular flexibility index (Phi) is 6.90. The van der Waals surface area contributed by atoms with E-state index < -0.39 is 0 Å². The Hall–Kier alpha value is -2.84. The average Bonchev–Trinajstić information content (AvgIpc) is 3.07. The molecule has 0 aliphatic carbocycles. The van der Waals surface area contributed by atoms with Gasteiger partial charge in [-0.3, -0.25) is 4.79 Å². The molecule has 0 radical (unpaired) electrons. The van der Waals surface area contributed by atoms with E-state index in [4.69, 9.17) is 18.9 Å². The smallest absolute Gasteiger partial charge is 0.279 e. The van der Waals surface area contributed by atoms with Crippen LogP contribution in [0.15, 0.2) is 41.4 Å². The van der Waals surface area contributed by atoms with E-state index in [0.717, 1.165) is 16.0 Å². The van der Waals surface area contributed by atoms with Crippen molar-refractivity contribution in [2.75, 3.05) is 34.5 Å². The van der Waals surface area contributed by atoms with Crippen molar-refractivity contribution < 1.29 is 23.7 Å². The van der Waals surface area contributed by atoms with Gasteiger partial charge < -0.3 is 23.5 Å². The molecule has 7 nitrogen and oxygen atoms in total. The minimum atomic E-state index is -0.353. The number of carbonyl (C=O) groups is 1. The third-order valence-corrected chi connectivity index (χ3v) is 5.35. The summed E-state index contributed by atoms with van der Waals surface area (Å²) in [6, 6.07) is 10.9. The summed E-state index contributed by atoms with van der Waals surface area (Å²) in [6.07, 6.45) is 0. The van der Waals surface area contributed by atoms with Crippen molar-refractivity contribution in [1.82, 2.24) is 4.57 Å². The van der Waals surface area contributed by atoms with Crippen LogP contribution >= 0.6 is 11.3 Å². The van der Waals surface area contributed by atoms with Crippen molar-refractivity contribution in [2.45, 2.75) is 13.5 Å². The van der Waals surface area contributed by atoms with Crippen LogP contribution in [0, 0.1) is 0 Å². The number of fused-ring (bicyclic) bond motifs is 1. The molecule has 0 fully saturated rings.